The number of phenolic OH excluding ortho intramolecular Hbond substituents is 1. The van der Waals surface area contributed by atoms with E-state index in [9.17, 15) is 9.90 Å². The average molecular weight is 348 g/mol. The van der Waals surface area contributed by atoms with Crippen molar-refractivity contribution in [1.29, 1.82) is 0 Å². The Balaban J connectivity index is 1.70. The van der Waals surface area contributed by atoms with Crippen molar-refractivity contribution in [1.82, 2.24) is 0 Å². The van der Waals surface area contributed by atoms with Gasteiger partial charge in [0.2, 0.25) is 0 Å². The number of carbonyl (C=O) groups is 1. The molecule has 3 nitrogen and oxygen atoms in total. The van der Waals surface area contributed by atoms with Crippen LogP contribution in [0.15, 0.2) is 30.3 Å². The van der Waals surface area contributed by atoms with E-state index in [0.717, 1.165) is 5.56 Å². The summed E-state index contributed by atoms with van der Waals surface area (Å²) in [4.78, 5) is 11.0. The smallest absolute Gasteiger partial charge is 0.335 e. The van der Waals surface area contributed by atoms with Crippen LogP contribution in [0, 0.1) is 6.92 Å². The number of fused-ring (bicyclic) bond motifs is 5. The first-order chi connectivity index (χ1) is 12.2. The summed E-state index contributed by atoms with van der Waals surface area (Å²) in [5.41, 5.74) is 6.69. The van der Waals surface area contributed by atoms with E-state index in [1.165, 1.54) is 48.1 Å². The Hall–Kier alpha value is -2.55. The van der Waals surface area contributed by atoms with E-state index >= 15 is 0 Å². The molecule has 3 heteroatoms. The summed E-state index contributed by atoms with van der Waals surface area (Å²) < 4.78 is 0. The Morgan fingerprint density at radius 3 is 2.23 bits per heavy atom. The fraction of sp³-hybridized carbons (Fsp3) is 0.348. The average Bonchev–Trinajstić information content (AvgIpc) is 3.01. The summed E-state index contributed by atoms with van der Waals surface area (Å²) in [6.45, 7) is 6.90. The van der Waals surface area contributed by atoms with Crippen LogP contribution in [0.1, 0.15) is 71.3 Å². The third kappa shape index (κ3) is 2.45. The molecule has 2 unspecified atom stereocenters. The molecule has 2 aliphatic rings. The van der Waals surface area contributed by atoms with Crippen LogP contribution in [0.25, 0.3) is 12.2 Å². The minimum Gasteiger partial charge on any atom is -0.507 e. The van der Waals surface area contributed by atoms with Crippen LogP contribution in [0.3, 0.4) is 0 Å². The first-order valence-corrected chi connectivity index (χ1v) is 9.12. The number of aromatic hydroxyl groups is 1. The van der Waals surface area contributed by atoms with Gasteiger partial charge in [-0.2, -0.15) is 0 Å². The van der Waals surface area contributed by atoms with Crippen LogP contribution < -0.4 is 0 Å². The summed E-state index contributed by atoms with van der Waals surface area (Å²) in [5.74, 6) is -1.06. The fourth-order valence-electron chi connectivity index (χ4n) is 4.95. The van der Waals surface area contributed by atoms with Crippen LogP contribution in [0.4, 0.5) is 0 Å². The zero-order valence-electron chi connectivity index (χ0n) is 15.5. The SMILES string of the molecule is Cc1cc2c(cc1/C=C/c1ccc(C(=O)O)cc1O)C1(C)CCC2(C)C1. The highest BCUT2D eigenvalue weighted by Crippen LogP contribution is 2.60. The Labute approximate surface area is 154 Å². The van der Waals surface area contributed by atoms with E-state index < -0.39 is 5.97 Å². The molecule has 26 heavy (non-hydrogen) atoms. The lowest BCUT2D eigenvalue weighted by atomic mass is 9.77. The highest BCUT2D eigenvalue weighted by Gasteiger charge is 2.52. The van der Waals surface area contributed by atoms with Gasteiger partial charge in [0.05, 0.1) is 5.56 Å². The number of hydrogen-bond donors (Lipinski definition) is 2. The molecule has 2 aromatic rings. The number of rotatable bonds is 3. The number of benzene rings is 2. The quantitative estimate of drug-likeness (QED) is 0.742. The monoisotopic (exact) mass is 348 g/mol. The van der Waals surface area contributed by atoms with Gasteiger partial charge in [-0.15, -0.1) is 0 Å². The topological polar surface area (TPSA) is 57.5 Å². The molecule has 2 aromatic carbocycles. The number of aryl methyl sites for hydroxylation is 1. The largest absolute Gasteiger partial charge is 0.507 e. The zero-order valence-corrected chi connectivity index (χ0v) is 15.5. The molecule has 0 radical (unpaired) electrons. The predicted octanol–water partition coefficient (Wildman–Crippen LogP) is 5.28. The molecule has 4 rings (SSSR count). The van der Waals surface area contributed by atoms with Crippen LogP contribution in [-0.2, 0) is 10.8 Å². The lowest BCUT2D eigenvalue weighted by Gasteiger charge is -2.28. The van der Waals surface area contributed by atoms with Crippen molar-refractivity contribution in [2.24, 2.45) is 0 Å². The van der Waals surface area contributed by atoms with E-state index in [4.69, 9.17) is 5.11 Å². The van der Waals surface area contributed by atoms with E-state index in [1.54, 1.807) is 6.07 Å². The molecule has 2 bridgehead atoms. The second-order valence-corrected chi connectivity index (χ2v) is 8.46. The molecule has 2 aliphatic carbocycles. The van der Waals surface area contributed by atoms with Crippen molar-refractivity contribution in [3.05, 3.63) is 63.7 Å². The van der Waals surface area contributed by atoms with Crippen LogP contribution >= 0.6 is 0 Å². The fourth-order valence-corrected chi connectivity index (χ4v) is 4.95. The summed E-state index contributed by atoms with van der Waals surface area (Å²) >= 11 is 0. The van der Waals surface area contributed by atoms with Crippen molar-refractivity contribution in [3.63, 3.8) is 0 Å². The molecule has 2 N–H and O–H groups in total. The van der Waals surface area contributed by atoms with E-state index in [0.29, 0.717) is 11.0 Å². The van der Waals surface area contributed by atoms with Gasteiger partial charge < -0.3 is 10.2 Å². The molecule has 0 aliphatic heterocycles. The molecular weight excluding hydrogens is 324 g/mol. The van der Waals surface area contributed by atoms with E-state index in [-0.39, 0.29) is 16.7 Å². The third-order valence-corrected chi connectivity index (χ3v) is 6.44. The summed E-state index contributed by atoms with van der Waals surface area (Å²) in [7, 11) is 0. The van der Waals surface area contributed by atoms with Crippen molar-refractivity contribution in [2.45, 2.75) is 50.9 Å². The first kappa shape index (κ1) is 16.9. The van der Waals surface area contributed by atoms with Gasteiger partial charge in [-0.25, -0.2) is 4.79 Å². The Bertz CT molecular complexity index is 956. The first-order valence-electron chi connectivity index (χ1n) is 9.12. The van der Waals surface area contributed by atoms with Gasteiger partial charge in [-0.1, -0.05) is 44.2 Å². The van der Waals surface area contributed by atoms with Gasteiger partial charge in [0.15, 0.2) is 0 Å². The highest BCUT2D eigenvalue weighted by molar-refractivity contribution is 5.89. The number of carboxylic acid groups (broad SMARTS) is 1. The lowest BCUT2D eigenvalue weighted by Crippen LogP contribution is -2.18. The third-order valence-electron chi connectivity index (χ3n) is 6.44. The second-order valence-electron chi connectivity index (χ2n) is 8.46. The number of phenols is 1. The van der Waals surface area contributed by atoms with Crippen molar-refractivity contribution in [2.75, 3.05) is 0 Å². The van der Waals surface area contributed by atoms with Crippen LogP contribution in [0.2, 0.25) is 0 Å². The van der Waals surface area contributed by atoms with Crippen molar-refractivity contribution in [3.8, 4) is 5.75 Å². The molecule has 0 spiro atoms. The van der Waals surface area contributed by atoms with Gasteiger partial charge >= 0.3 is 5.97 Å². The molecule has 0 aromatic heterocycles. The number of carboxylic acids is 1. The van der Waals surface area contributed by atoms with Gasteiger partial charge in [0.1, 0.15) is 5.75 Å². The molecule has 2 atom stereocenters. The normalized spacial score (nSPS) is 26.4. The molecule has 0 saturated heterocycles. The second kappa shape index (κ2) is 5.47. The van der Waals surface area contributed by atoms with E-state index in [2.05, 4.69) is 32.9 Å². The Morgan fingerprint density at radius 2 is 1.62 bits per heavy atom. The Morgan fingerprint density at radius 1 is 1.00 bits per heavy atom. The minimum atomic E-state index is -1.04. The van der Waals surface area contributed by atoms with Crippen molar-refractivity contribution >= 4 is 18.1 Å². The maximum atomic E-state index is 11.0. The molecular formula is C23H24O3. The minimum absolute atomic E-state index is 0.0153. The summed E-state index contributed by atoms with van der Waals surface area (Å²) in [6, 6.07) is 9.10. The molecule has 1 fully saturated rings. The maximum Gasteiger partial charge on any atom is 0.335 e. The van der Waals surface area contributed by atoms with Crippen molar-refractivity contribution < 1.29 is 15.0 Å². The Kier molecular flexibility index (Phi) is 3.56. The molecule has 0 amide bonds. The zero-order chi connectivity index (χ0) is 18.7. The van der Waals surface area contributed by atoms with Gasteiger partial charge in [-0.05, 0) is 71.4 Å². The molecule has 0 heterocycles. The lowest BCUT2D eigenvalue weighted by molar-refractivity contribution is 0.0696. The predicted molar refractivity (Wildman–Crippen MR) is 104 cm³/mol. The summed E-state index contributed by atoms with van der Waals surface area (Å²) in [5, 5.41) is 19.1. The van der Waals surface area contributed by atoms with Crippen LogP contribution in [0.5, 0.6) is 5.75 Å². The van der Waals surface area contributed by atoms with Gasteiger partial charge in [-0.3, -0.25) is 0 Å². The molecule has 1 saturated carbocycles. The molecule has 134 valence electrons. The van der Waals surface area contributed by atoms with Gasteiger partial charge in [0, 0.05) is 5.56 Å². The number of hydrogen-bond acceptors (Lipinski definition) is 2. The number of aromatic carboxylic acids is 1. The standard InChI is InChI=1S/C23H24O3/c1-14-10-18-19(23(3)9-8-22(18,2)13-23)11-16(14)6-4-15-5-7-17(21(25)26)12-20(15)24/h4-7,10-12,24H,8-9,13H2,1-3H3,(H,25,26)/b6-4+. The van der Waals surface area contributed by atoms with Gasteiger partial charge in [0.25, 0.3) is 0 Å². The van der Waals surface area contributed by atoms with E-state index in [1.807, 2.05) is 12.2 Å². The van der Waals surface area contributed by atoms with Crippen LogP contribution in [-0.4, -0.2) is 16.2 Å². The maximum absolute atomic E-state index is 11.0. The highest BCUT2D eigenvalue weighted by atomic mass is 16.4. The summed E-state index contributed by atoms with van der Waals surface area (Å²) in [6.07, 6.45) is 7.63.